The second kappa shape index (κ2) is 12.7. The Morgan fingerprint density at radius 3 is 1.82 bits per heavy atom. The van der Waals surface area contributed by atoms with Crippen LogP contribution in [0, 0.1) is 0 Å². The van der Waals surface area contributed by atoms with Crippen molar-refractivity contribution in [2.24, 2.45) is 0 Å². The summed E-state index contributed by atoms with van der Waals surface area (Å²) in [5, 5.41) is 2.26. The van der Waals surface area contributed by atoms with Crippen molar-refractivity contribution >= 4 is 58.0 Å². The number of thiol groups is 1. The van der Waals surface area contributed by atoms with Crippen LogP contribution < -0.4 is 0 Å². The number of aryl methyl sites for hydroxylation is 2. The van der Waals surface area contributed by atoms with E-state index in [-0.39, 0.29) is 0 Å². The van der Waals surface area contributed by atoms with Gasteiger partial charge in [0, 0.05) is 29.3 Å². The Kier molecular flexibility index (Phi) is 9.75. The highest BCUT2D eigenvalue weighted by Crippen LogP contribution is 2.45. The predicted octanol–water partition coefficient (Wildman–Crippen LogP) is 11.5. The predicted molar refractivity (Wildman–Crippen MR) is 157 cm³/mol. The first kappa shape index (κ1) is 25.2. The van der Waals surface area contributed by atoms with Crippen LogP contribution in [0.5, 0.6) is 0 Å². The fourth-order valence-electron chi connectivity index (χ4n) is 4.23. The zero-order valence-corrected chi connectivity index (χ0v) is 23.9. The van der Waals surface area contributed by atoms with E-state index in [4.69, 9.17) is 0 Å². The van der Waals surface area contributed by atoms with E-state index in [0.717, 1.165) is 4.21 Å². The largest absolute Gasteiger partial charge is 0.143 e. The van der Waals surface area contributed by atoms with Crippen molar-refractivity contribution < 1.29 is 0 Å². The van der Waals surface area contributed by atoms with Crippen LogP contribution in [0.4, 0.5) is 0 Å². The van der Waals surface area contributed by atoms with Gasteiger partial charge in [-0.2, -0.15) is 0 Å². The minimum absolute atomic E-state index is 1.13. The molecule has 0 aromatic carbocycles. The van der Waals surface area contributed by atoms with Gasteiger partial charge in [-0.3, -0.25) is 0 Å². The van der Waals surface area contributed by atoms with E-state index in [1.165, 1.54) is 105 Å². The highest BCUT2D eigenvalue weighted by molar-refractivity contribution is 7.83. The van der Waals surface area contributed by atoms with Crippen LogP contribution in [0.3, 0.4) is 0 Å². The molecule has 4 heterocycles. The summed E-state index contributed by atoms with van der Waals surface area (Å²) in [6.07, 6.45) is 12.9. The first-order valence-electron chi connectivity index (χ1n) is 12.3. The molecule has 0 amide bonds. The van der Waals surface area contributed by atoms with Gasteiger partial charge < -0.3 is 0 Å². The molecular formula is C28H34S5. The molecule has 0 fully saturated rings. The second-order valence-corrected chi connectivity index (χ2v) is 13.6. The van der Waals surface area contributed by atoms with E-state index < -0.39 is 0 Å². The highest BCUT2D eigenvalue weighted by Gasteiger charge is 2.15. The lowest BCUT2D eigenvalue weighted by Gasteiger charge is -2.02. The van der Waals surface area contributed by atoms with E-state index in [1.54, 1.807) is 0 Å². The van der Waals surface area contributed by atoms with Gasteiger partial charge in [-0.1, -0.05) is 52.4 Å². The zero-order chi connectivity index (χ0) is 23.0. The zero-order valence-electron chi connectivity index (χ0n) is 19.7. The number of unbranched alkanes of at least 4 members (excludes halogenated alkanes) is 6. The number of hydrogen-bond donors (Lipinski definition) is 1. The van der Waals surface area contributed by atoms with Crippen molar-refractivity contribution in [3.63, 3.8) is 0 Å². The van der Waals surface area contributed by atoms with Gasteiger partial charge >= 0.3 is 0 Å². The van der Waals surface area contributed by atoms with Crippen molar-refractivity contribution in [2.75, 3.05) is 0 Å². The fourth-order valence-corrected chi connectivity index (χ4v) is 8.97. The van der Waals surface area contributed by atoms with Gasteiger partial charge in [-0.25, -0.2) is 0 Å². The van der Waals surface area contributed by atoms with Crippen LogP contribution in [0.25, 0.3) is 29.3 Å². The molecule has 176 valence electrons. The number of thiophene rings is 4. The van der Waals surface area contributed by atoms with Crippen LogP contribution in [0.1, 0.15) is 76.3 Å². The van der Waals surface area contributed by atoms with E-state index in [1.807, 2.05) is 45.3 Å². The SMILES string of the molecule is CCCCCCc1ccsc1-c1ccc(-c2ccc(-c3sc(S)cc3CCCCCC)s2)s1. The summed E-state index contributed by atoms with van der Waals surface area (Å²) in [5.74, 6) is 0. The second-order valence-electron chi connectivity index (χ2n) is 8.66. The fraction of sp³-hybridized carbons (Fsp3) is 0.429. The first-order chi connectivity index (χ1) is 16.2. The van der Waals surface area contributed by atoms with Crippen LogP contribution in [0.15, 0.2) is 46.0 Å². The van der Waals surface area contributed by atoms with Gasteiger partial charge in [-0.05, 0) is 78.6 Å². The van der Waals surface area contributed by atoms with E-state index in [0.29, 0.717) is 0 Å². The van der Waals surface area contributed by atoms with Gasteiger partial charge in [0.2, 0.25) is 0 Å². The van der Waals surface area contributed by atoms with Crippen molar-refractivity contribution in [1.82, 2.24) is 0 Å². The van der Waals surface area contributed by atoms with Crippen LogP contribution in [0.2, 0.25) is 0 Å². The molecular weight excluding hydrogens is 497 g/mol. The monoisotopic (exact) mass is 530 g/mol. The number of rotatable bonds is 13. The van der Waals surface area contributed by atoms with Crippen LogP contribution in [-0.2, 0) is 12.8 Å². The summed E-state index contributed by atoms with van der Waals surface area (Å²) in [6, 6.07) is 13.9. The molecule has 5 heteroatoms. The Labute approximate surface area is 221 Å². The van der Waals surface area contributed by atoms with Gasteiger partial charge in [0.1, 0.15) is 0 Å². The van der Waals surface area contributed by atoms with Gasteiger partial charge in [0.25, 0.3) is 0 Å². The molecule has 0 bridgehead atoms. The maximum absolute atomic E-state index is 4.67. The Balaban J connectivity index is 1.48. The van der Waals surface area contributed by atoms with Gasteiger partial charge in [-0.15, -0.1) is 58.0 Å². The first-order valence-corrected chi connectivity index (χ1v) is 16.1. The molecule has 4 aromatic rings. The number of hydrogen-bond acceptors (Lipinski definition) is 5. The lowest BCUT2D eigenvalue weighted by atomic mass is 10.1. The summed E-state index contributed by atoms with van der Waals surface area (Å²) in [6.45, 7) is 4.56. The normalized spacial score (nSPS) is 11.5. The Morgan fingerprint density at radius 2 is 1.18 bits per heavy atom. The Hall–Kier alpha value is -0.850. The maximum atomic E-state index is 4.67. The smallest absolute Gasteiger partial charge is 0.0577 e. The topological polar surface area (TPSA) is 0 Å². The molecule has 33 heavy (non-hydrogen) atoms. The van der Waals surface area contributed by atoms with E-state index >= 15 is 0 Å². The third kappa shape index (κ3) is 6.64. The molecule has 0 aliphatic heterocycles. The quantitative estimate of drug-likeness (QED) is 0.129. The van der Waals surface area contributed by atoms with Crippen LogP contribution >= 0.6 is 58.0 Å². The molecule has 0 radical (unpaired) electrons. The van der Waals surface area contributed by atoms with Gasteiger partial charge in [0.15, 0.2) is 0 Å². The van der Waals surface area contributed by atoms with Crippen molar-refractivity contribution in [2.45, 2.75) is 82.3 Å². The molecule has 0 saturated heterocycles. The summed E-state index contributed by atoms with van der Waals surface area (Å²) in [4.78, 5) is 8.49. The molecule has 0 spiro atoms. The molecule has 0 saturated carbocycles. The minimum Gasteiger partial charge on any atom is -0.143 e. The molecule has 0 unspecified atom stereocenters. The Bertz CT molecular complexity index is 1120. The van der Waals surface area contributed by atoms with Crippen molar-refractivity contribution in [1.29, 1.82) is 0 Å². The molecule has 4 aromatic heterocycles. The third-order valence-corrected chi connectivity index (χ3v) is 11.1. The summed E-state index contributed by atoms with van der Waals surface area (Å²) in [5.41, 5.74) is 3.01. The Morgan fingerprint density at radius 1 is 0.606 bits per heavy atom. The molecule has 0 atom stereocenters. The van der Waals surface area contributed by atoms with E-state index in [2.05, 4.69) is 68.3 Å². The van der Waals surface area contributed by atoms with Crippen LogP contribution in [-0.4, -0.2) is 0 Å². The van der Waals surface area contributed by atoms with E-state index in [9.17, 15) is 0 Å². The van der Waals surface area contributed by atoms with Crippen molar-refractivity contribution in [3.8, 4) is 29.3 Å². The van der Waals surface area contributed by atoms with Crippen molar-refractivity contribution in [3.05, 3.63) is 52.9 Å². The standard InChI is InChI=1S/C28H34S5/c1-3-5-7-9-11-20-17-18-30-27(20)24-15-13-22(31-24)23-14-16-25(32-23)28-21(19-26(29)33-28)12-10-8-6-4-2/h13-19,29H,3-12H2,1-2H3. The average molecular weight is 531 g/mol. The minimum atomic E-state index is 1.13. The molecule has 0 aliphatic carbocycles. The summed E-state index contributed by atoms with van der Waals surface area (Å²) in [7, 11) is 0. The lowest BCUT2D eigenvalue weighted by Crippen LogP contribution is -1.85. The molecule has 4 rings (SSSR count). The maximum Gasteiger partial charge on any atom is 0.0577 e. The molecule has 0 aliphatic rings. The average Bonchev–Trinajstić information content (AvgIpc) is 3.60. The third-order valence-electron chi connectivity index (χ3n) is 6.04. The lowest BCUT2D eigenvalue weighted by molar-refractivity contribution is 0.668. The summed E-state index contributed by atoms with van der Waals surface area (Å²) < 4.78 is 1.13. The molecule has 0 nitrogen and oxygen atoms in total. The highest BCUT2D eigenvalue weighted by atomic mass is 32.2. The van der Waals surface area contributed by atoms with Gasteiger partial charge in [0.05, 0.1) is 4.21 Å². The molecule has 0 N–H and O–H groups in total. The summed E-state index contributed by atoms with van der Waals surface area (Å²) >= 11 is 12.3.